The summed E-state index contributed by atoms with van der Waals surface area (Å²) in [5, 5.41) is 0. The van der Waals surface area contributed by atoms with Crippen LogP contribution in [0.2, 0.25) is 0 Å². The lowest BCUT2D eigenvalue weighted by atomic mass is 10.0. The Kier molecular flexibility index (Phi) is 3.61. The lowest BCUT2D eigenvalue weighted by Gasteiger charge is -2.12. The molecule has 0 spiro atoms. The molecule has 0 nitrogen and oxygen atoms in total. The molecule has 0 saturated heterocycles. The fourth-order valence-corrected chi connectivity index (χ4v) is 2.22. The van der Waals surface area contributed by atoms with Crippen LogP contribution in [-0.4, -0.2) is 0 Å². The second-order valence-corrected chi connectivity index (χ2v) is 4.85. The van der Waals surface area contributed by atoms with E-state index in [0.717, 1.165) is 6.07 Å². The van der Waals surface area contributed by atoms with Crippen molar-refractivity contribution >= 4 is 22.6 Å². The van der Waals surface area contributed by atoms with Crippen LogP contribution in [0.15, 0.2) is 42.5 Å². The Bertz CT molecular complexity index is 561. The van der Waals surface area contributed by atoms with Crippen molar-refractivity contribution in [2.45, 2.75) is 6.18 Å². The fraction of sp³-hybridized carbons (Fsp3) is 0.0769. The Hall–Kier alpha value is -1.11. The average Bonchev–Trinajstić information content (AvgIpc) is 2.32. The molecule has 2 aromatic rings. The Morgan fingerprint density at radius 1 is 0.889 bits per heavy atom. The SMILES string of the molecule is Fc1c(I)cc(-c2ccccc2)cc1C(F)(F)F. The van der Waals surface area contributed by atoms with Crippen molar-refractivity contribution in [3.05, 3.63) is 57.4 Å². The van der Waals surface area contributed by atoms with E-state index in [4.69, 9.17) is 0 Å². The molecule has 94 valence electrons. The molecule has 18 heavy (non-hydrogen) atoms. The first kappa shape index (κ1) is 13.3. The zero-order valence-electron chi connectivity index (χ0n) is 8.93. The molecule has 5 heteroatoms. The minimum absolute atomic E-state index is 0.0405. The van der Waals surface area contributed by atoms with E-state index in [-0.39, 0.29) is 3.57 Å². The number of alkyl halides is 3. The molecule has 0 amide bonds. The van der Waals surface area contributed by atoms with Gasteiger partial charge in [0.15, 0.2) is 0 Å². The van der Waals surface area contributed by atoms with Crippen LogP contribution in [0.4, 0.5) is 17.6 Å². The Morgan fingerprint density at radius 3 is 2.06 bits per heavy atom. The molecule has 0 atom stereocenters. The van der Waals surface area contributed by atoms with Gasteiger partial charge in [0.2, 0.25) is 0 Å². The molecule has 2 rings (SSSR count). The van der Waals surface area contributed by atoms with Crippen molar-refractivity contribution in [1.29, 1.82) is 0 Å². The quantitative estimate of drug-likeness (QED) is 0.486. The van der Waals surface area contributed by atoms with Gasteiger partial charge in [0.1, 0.15) is 5.82 Å². The molecule has 0 heterocycles. The van der Waals surface area contributed by atoms with Gasteiger partial charge in [0, 0.05) is 0 Å². The van der Waals surface area contributed by atoms with Crippen molar-refractivity contribution in [3.63, 3.8) is 0 Å². The number of hydrogen-bond donors (Lipinski definition) is 0. The van der Waals surface area contributed by atoms with Gasteiger partial charge in [0.05, 0.1) is 9.13 Å². The van der Waals surface area contributed by atoms with Crippen LogP contribution < -0.4 is 0 Å². The van der Waals surface area contributed by atoms with E-state index in [9.17, 15) is 17.6 Å². The molecule has 2 aromatic carbocycles. The highest BCUT2D eigenvalue weighted by Gasteiger charge is 2.35. The minimum Gasteiger partial charge on any atom is -0.205 e. The molecule has 0 N–H and O–H groups in total. The predicted octanol–water partition coefficient (Wildman–Crippen LogP) is 5.12. The van der Waals surface area contributed by atoms with Gasteiger partial charge in [-0.25, -0.2) is 4.39 Å². The van der Waals surface area contributed by atoms with E-state index in [2.05, 4.69) is 0 Å². The van der Waals surface area contributed by atoms with E-state index >= 15 is 0 Å². The molecule has 0 bridgehead atoms. The predicted molar refractivity (Wildman–Crippen MR) is 69.6 cm³/mol. The van der Waals surface area contributed by atoms with E-state index in [1.807, 2.05) is 0 Å². The van der Waals surface area contributed by atoms with Crippen LogP contribution >= 0.6 is 22.6 Å². The van der Waals surface area contributed by atoms with Gasteiger partial charge in [-0.1, -0.05) is 30.3 Å². The van der Waals surface area contributed by atoms with Crippen LogP contribution in [0, 0.1) is 9.39 Å². The second kappa shape index (κ2) is 4.87. The Balaban J connectivity index is 2.62. The van der Waals surface area contributed by atoms with Gasteiger partial charge >= 0.3 is 6.18 Å². The molecule has 0 radical (unpaired) electrons. The normalized spacial score (nSPS) is 11.6. The minimum atomic E-state index is -4.69. The maximum Gasteiger partial charge on any atom is 0.419 e. The number of hydrogen-bond acceptors (Lipinski definition) is 0. The lowest BCUT2D eigenvalue weighted by Crippen LogP contribution is -2.09. The van der Waals surface area contributed by atoms with Crippen LogP contribution in [0.3, 0.4) is 0 Å². The summed E-state index contributed by atoms with van der Waals surface area (Å²) in [7, 11) is 0. The van der Waals surface area contributed by atoms with Gasteiger partial charge in [0.25, 0.3) is 0 Å². The fourth-order valence-electron chi connectivity index (χ4n) is 1.59. The highest BCUT2D eigenvalue weighted by atomic mass is 127. The molecule has 0 unspecified atom stereocenters. The monoisotopic (exact) mass is 366 g/mol. The highest BCUT2D eigenvalue weighted by molar-refractivity contribution is 14.1. The lowest BCUT2D eigenvalue weighted by molar-refractivity contribution is -0.140. The third kappa shape index (κ3) is 2.66. The standard InChI is InChI=1S/C13H7F4I/c14-12-10(13(15,16)17)6-9(7-11(12)18)8-4-2-1-3-5-8/h1-7H. The topological polar surface area (TPSA) is 0 Å². The number of rotatable bonds is 1. The Labute approximate surface area is 115 Å². The van der Waals surface area contributed by atoms with Crippen LogP contribution in [0.25, 0.3) is 11.1 Å². The highest BCUT2D eigenvalue weighted by Crippen LogP contribution is 2.36. The van der Waals surface area contributed by atoms with Crippen LogP contribution in [0.1, 0.15) is 5.56 Å². The first-order valence-electron chi connectivity index (χ1n) is 5.01. The maximum absolute atomic E-state index is 13.5. The molecule has 0 aliphatic rings. The number of halogens is 5. The van der Waals surface area contributed by atoms with Crippen LogP contribution in [-0.2, 0) is 6.18 Å². The summed E-state index contributed by atoms with van der Waals surface area (Å²) in [4.78, 5) is 0. The summed E-state index contributed by atoms with van der Waals surface area (Å²) in [6, 6.07) is 10.8. The van der Waals surface area contributed by atoms with E-state index in [1.54, 1.807) is 52.9 Å². The largest absolute Gasteiger partial charge is 0.419 e. The third-order valence-electron chi connectivity index (χ3n) is 2.44. The Morgan fingerprint density at radius 2 is 1.50 bits per heavy atom. The third-order valence-corrected chi connectivity index (χ3v) is 3.23. The van der Waals surface area contributed by atoms with Crippen molar-refractivity contribution < 1.29 is 17.6 Å². The molecular weight excluding hydrogens is 359 g/mol. The van der Waals surface area contributed by atoms with Gasteiger partial charge < -0.3 is 0 Å². The van der Waals surface area contributed by atoms with E-state index in [0.29, 0.717) is 11.1 Å². The van der Waals surface area contributed by atoms with Crippen molar-refractivity contribution in [1.82, 2.24) is 0 Å². The first-order valence-corrected chi connectivity index (χ1v) is 6.09. The van der Waals surface area contributed by atoms with Crippen molar-refractivity contribution in [3.8, 4) is 11.1 Å². The average molecular weight is 366 g/mol. The summed E-state index contributed by atoms with van der Waals surface area (Å²) in [5.41, 5.74) is -0.247. The van der Waals surface area contributed by atoms with E-state index < -0.39 is 17.6 Å². The van der Waals surface area contributed by atoms with Gasteiger partial charge in [-0.05, 0) is 45.9 Å². The van der Waals surface area contributed by atoms with Gasteiger partial charge in [-0.3, -0.25) is 0 Å². The van der Waals surface area contributed by atoms with E-state index in [1.165, 1.54) is 6.07 Å². The zero-order chi connectivity index (χ0) is 13.3. The van der Waals surface area contributed by atoms with Gasteiger partial charge in [-0.2, -0.15) is 13.2 Å². The molecule has 0 saturated carbocycles. The van der Waals surface area contributed by atoms with Crippen LogP contribution in [0.5, 0.6) is 0 Å². The second-order valence-electron chi connectivity index (χ2n) is 3.68. The molecule has 0 aliphatic carbocycles. The summed E-state index contributed by atoms with van der Waals surface area (Å²) < 4.78 is 51.5. The summed E-state index contributed by atoms with van der Waals surface area (Å²) >= 11 is 1.57. The smallest absolute Gasteiger partial charge is 0.205 e. The summed E-state index contributed by atoms with van der Waals surface area (Å²) in [6.45, 7) is 0. The molecule has 0 aromatic heterocycles. The number of benzene rings is 2. The van der Waals surface area contributed by atoms with Gasteiger partial charge in [-0.15, -0.1) is 0 Å². The summed E-state index contributed by atoms with van der Waals surface area (Å²) in [5.74, 6) is -1.22. The van der Waals surface area contributed by atoms with Crippen molar-refractivity contribution in [2.24, 2.45) is 0 Å². The molecule has 0 aliphatic heterocycles. The maximum atomic E-state index is 13.5. The molecular formula is C13H7F4I. The zero-order valence-corrected chi connectivity index (χ0v) is 11.1. The molecule has 0 fully saturated rings. The van der Waals surface area contributed by atoms with Crippen molar-refractivity contribution in [2.75, 3.05) is 0 Å². The first-order chi connectivity index (χ1) is 8.39. The summed E-state index contributed by atoms with van der Waals surface area (Å²) in [6.07, 6.45) is -4.69.